The first-order valence-corrected chi connectivity index (χ1v) is 6.81. The molecule has 1 aromatic rings. The average molecular weight is 258 g/mol. The Morgan fingerprint density at radius 3 is 2.79 bits per heavy atom. The molecule has 4 nitrogen and oxygen atoms in total. The van der Waals surface area contributed by atoms with E-state index in [2.05, 4.69) is 17.4 Å². The van der Waals surface area contributed by atoms with Crippen LogP contribution in [0.1, 0.15) is 24.8 Å². The second kappa shape index (κ2) is 4.68. The van der Waals surface area contributed by atoms with Crippen LogP contribution in [0, 0.1) is 5.92 Å². The number of hydrogen-bond acceptors (Lipinski definition) is 2. The van der Waals surface area contributed by atoms with E-state index in [-0.39, 0.29) is 23.8 Å². The molecule has 3 rings (SSSR count). The van der Waals surface area contributed by atoms with Crippen LogP contribution >= 0.6 is 0 Å². The minimum absolute atomic E-state index is 0.0449. The summed E-state index contributed by atoms with van der Waals surface area (Å²) in [4.78, 5) is 25.8. The van der Waals surface area contributed by atoms with Gasteiger partial charge >= 0.3 is 0 Å². The number of rotatable bonds is 2. The molecule has 0 spiro atoms. The molecule has 3 atom stereocenters. The van der Waals surface area contributed by atoms with Crippen LogP contribution in [0.2, 0.25) is 0 Å². The second-order valence-corrected chi connectivity index (χ2v) is 5.36. The molecule has 3 unspecified atom stereocenters. The summed E-state index contributed by atoms with van der Waals surface area (Å²) >= 11 is 0. The van der Waals surface area contributed by atoms with Gasteiger partial charge in [-0.15, -0.1) is 0 Å². The molecular formula is C15H18N2O2. The van der Waals surface area contributed by atoms with E-state index in [1.165, 1.54) is 5.56 Å². The Morgan fingerprint density at radius 1 is 1.32 bits per heavy atom. The van der Waals surface area contributed by atoms with Gasteiger partial charge < -0.3 is 10.2 Å². The molecule has 1 aliphatic heterocycles. The van der Waals surface area contributed by atoms with Crippen LogP contribution in [0.4, 0.5) is 0 Å². The molecule has 4 heteroatoms. The van der Waals surface area contributed by atoms with Gasteiger partial charge in [0, 0.05) is 19.0 Å². The van der Waals surface area contributed by atoms with E-state index >= 15 is 0 Å². The summed E-state index contributed by atoms with van der Waals surface area (Å²) in [5.74, 6) is 0.495. The van der Waals surface area contributed by atoms with Crippen molar-refractivity contribution in [2.45, 2.75) is 25.3 Å². The van der Waals surface area contributed by atoms with E-state index in [4.69, 9.17) is 0 Å². The third-order valence-electron chi connectivity index (χ3n) is 4.12. The van der Waals surface area contributed by atoms with E-state index in [9.17, 15) is 9.59 Å². The quantitative estimate of drug-likeness (QED) is 0.864. The molecule has 0 bridgehead atoms. The molecule has 2 aliphatic rings. The number of nitrogens with zero attached hydrogens (tertiary/aromatic N) is 1. The van der Waals surface area contributed by atoms with E-state index in [0.717, 1.165) is 6.42 Å². The van der Waals surface area contributed by atoms with E-state index in [1.54, 1.807) is 11.8 Å². The third-order valence-corrected chi connectivity index (χ3v) is 4.12. The molecule has 1 N–H and O–H groups in total. The summed E-state index contributed by atoms with van der Waals surface area (Å²) in [6.07, 6.45) is 0.910. The van der Waals surface area contributed by atoms with Crippen molar-refractivity contribution in [3.63, 3.8) is 0 Å². The van der Waals surface area contributed by atoms with Crippen LogP contribution in [-0.2, 0) is 9.59 Å². The summed E-state index contributed by atoms with van der Waals surface area (Å²) in [6.45, 7) is 2.99. The van der Waals surface area contributed by atoms with Crippen molar-refractivity contribution in [2.75, 3.05) is 13.1 Å². The average Bonchev–Trinajstić information content (AvgIpc) is 3.22. The molecule has 1 saturated carbocycles. The Morgan fingerprint density at radius 2 is 2.05 bits per heavy atom. The lowest BCUT2D eigenvalue weighted by Gasteiger charge is -2.33. The molecule has 2 amide bonds. The highest BCUT2D eigenvalue weighted by Gasteiger charge is 2.47. The topological polar surface area (TPSA) is 49.4 Å². The first kappa shape index (κ1) is 12.2. The lowest BCUT2D eigenvalue weighted by molar-refractivity contribution is -0.143. The summed E-state index contributed by atoms with van der Waals surface area (Å²) < 4.78 is 0. The molecule has 1 aliphatic carbocycles. The molecule has 1 heterocycles. The normalized spacial score (nSPS) is 29.8. The third kappa shape index (κ3) is 2.23. The monoisotopic (exact) mass is 258 g/mol. The highest BCUT2D eigenvalue weighted by Crippen LogP contribution is 2.48. The van der Waals surface area contributed by atoms with Crippen LogP contribution in [0.15, 0.2) is 30.3 Å². The lowest BCUT2D eigenvalue weighted by Crippen LogP contribution is -2.56. The minimum Gasteiger partial charge on any atom is -0.353 e. The van der Waals surface area contributed by atoms with Gasteiger partial charge in [0.05, 0.1) is 0 Å². The maximum absolute atomic E-state index is 12.4. The zero-order chi connectivity index (χ0) is 13.4. The maximum atomic E-state index is 12.4. The van der Waals surface area contributed by atoms with E-state index < -0.39 is 0 Å². The van der Waals surface area contributed by atoms with Gasteiger partial charge in [0.2, 0.25) is 11.8 Å². The number of hydrogen-bond donors (Lipinski definition) is 1. The summed E-state index contributed by atoms with van der Waals surface area (Å²) in [6, 6.07) is 9.81. The number of benzene rings is 1. The van der Waals surface area contributed by atoms with Crippen molar-refractivity contribution in [1.29, 1.82) is 0 Å². The SMILES string of the molecule is CC1C(=O)NCCN1C(=O)C1CC1c1ccccc1. The molecule has 1 aromatic carbocycles. The Kier molecular flexibility index (Phi) is 3.01. The van der Waals surface area contributed by atoms with Crippen molar-refractivity contribution in [3.8, 4) is 0 Å². The molecule has 2 fully saturated rings. The van der Waals surface area contributed by atoms with Crippen LogP contribution in [0.3, 0.4) is 0 Å². The van der Waals surface area contributed by atoms with Gasteiger partial charge in [-0.25, -0.2) is 0 Å². The highest BCUT2D eigenvalue weighted by molar-refractivity contribution is 5.91. The Hall–Kier alpha value is -1.84. The zero-order valence-electron chi connectivity index (χ0n) is 11.0. The van der Waals surface area contributed by atoms with Gasteiger partial charge in [-0.05, 0) is 24.8 Å². The first-order valence-electron chi connectivity index (χ1n) is 6.81. The summed E-state index contributed by atoms with van der Waals surface area (Å²) in [7, 11) is 0. The highest BCUT2D eigenvalue weighted by atomic mass is 16.2. The minimum atomic E-state index is -0.335. The van der Waals surface area contributed by atoms with Gasteiger partial charge in [0.25, 0.3) is 0 Å². The maximum Gasteiger partial charge on any atom is 0.242 e. The largest absolute Gasteiger partial charge is 0.353 e. The van der Waals surface area contributed by atoms with Crippen LogP contribution in [0.5, 0.6) is 0 Å². The smallest absolute Gasteiger partial charge is 0.242 e. The van der Waals surface area contributed by atoms with Crippen molar-refractivity contribution in [2.24, 2.45) is 5.92 Å². The predicted octanol–water partition coefficient (Wildman–Crippen LogP) is 1.14. The van der Waals surface area contributed by atoms with Gasteiger partial charge in [0.1, 0.15) is 6.04 Å². The van der Waals surface area contributed by atoms with Crippen molar-refractivity contribution in [1.82, 2.24) is 10.2 Å². The number of piperazine rings is 1. The van der Waals surface area contributed by atoms with Crippen LogP contribution in [-0.4, -0.2) is 35.8 Å². The molecule has 19 heavy (non-hydrogen) atoms. The predicted molar refractivity (Wildman–Crippen MR) is 71.5 cm³/mol. The van der Waals surface area contributed by atoms with Crippen molar-refractivity contribution in [3.05, 3.63) is 35.9 Å². The fraction of sp³-hybridized carbons (Fsp3) is 0.467. The fourth-order valence-corrected chi connectivity index (χ4v) is 2.83. The molecule has 0 aromatic heterocycles. The van der Waals surface area contributed by atoms with Crippen molar-refractivity contribution >= 4 is 11.8 Å². The standard InChI is InChI=1S/C15H18N2O2/c1-10-14(18)16-7-8-17(10)15(19)13-9-12(13)11-5-3-2-4-6-11/h2-6,10,12-13H,7-9H2,1H3,(H,16,18). The Labute approximate surface area is 112 Å². The van der Waals surface area contributed by atoms with Crippen LogP contribution < -0.4 is 5.32 Å². The van der Waals surface area contributed by atoms with Crippen molar-refractivity contribution < 1.29 is 9.59 Å². The number of amides is 2. The van der Waals surface area contributed by atoms with E-state index in [0.29, 0.717) is 19.0 Å². The first-order chi connectivity index (χ1) is 9.18. The zero-order valence-corrected chi connectivity index (χ0v) is 11.0. The van der Waals surface area contributed by atoms with E-state index in [1.807, 2.05) is 18.2 Å². The molecule has 1 saturated heterocycles. The molecular weight excluding hydrogens is 240 g/mol. The fourth-order valence-electron chi connectivity index (χ4n) is 2.83. The summed E-state index contributed by atoms with van der Waals surface area (Å²) in [5, 5.41) is 2.79. The molecule has 100 valence electrons. The van der Waals surface area contributed by atoms with Gasteiger partial charge in [-0.1, -0.05) is 30.3 Å². The number of carbonyl (C=O) groups excluding carboxylic acids is 2. The summed E-state index contributed by atoms with van der Waals surface area (Å²) in [5.41, 5.74) is 1.23. The van der Waals surface area contributed by atoms with Gasteiger partial charge in [-0.2, -0.15) is 0 Å². The second-order valence-electron chi connectivity index (χ2n) is 5.36. The van der Waals surface area contributed by atoms with Crippen LogP contribution in [0.25, 0.3) is 0 Å². The Bertz CT molecular complexity index is 500. The lowest BCUT2D eigenvalue weighted by atomic mass is 10.1. The molecule has 0 radical (unpaired) electrons. The van der Waals surface area contributed by atoms with Gasteiger partial charge in [-0.3, -0.25) is 9.59 Å². The number of carbonyl (C=O) groups is 2. The Balaban J connectivity index is 1.68. The van der Waals surface area contributed by atoms with Gasteiger partial charge in [0.15, 0.2) is 0 Å². The number of nitrogens with one attached hydrogen (secondary N) is 1.